The number of rotatable bonds is 11. The number of nitrogen functional groups attached to an aromatic ring is 1. The van der Waals surface area contributed by atoms with Gasteiger partial charge in [-0.2, -0.15) is 0 Å². The van der Waals surface area contributed by atoms with Crippen molar-refractivity contribution in [2.45, 2.75) is 90.6 Å². The predicted octanol–water partition coefficient (Wildman–Crippen LogP) is 7.64. The molecule has 1 fully saturated rings. The summed E-state index contributed by atoms with van der Waals surface area (Å²) >= 11 is 0. The minimum absolute atomic E-state index is 0.0553. The van der Waals surface area contributed by atoms with Crippen LogP contribution in [-0.2, 0) is 9.53 Å². The normalized spacial score (nSPS) is 13.0. The molecule has 242 valence electrons. The van der Waals surface area contributed by atoms with Gasteiger partial charge in [-0.05, 0) is 68.2 Å². The zero-order valence-corrected chi connectivity index (χ0v) is 26.3. The molecule has 1 unspecified atom stereocenters. The molecule has 3 aromatic rings. The summed E-state index contributed by atoms with van der Waals surface area (Å²) in [6.07, 6.45) is 11.1. The molecule has 0 spiro atoms. The highest BCUT2D eigenvalue weighted by Gasteiger charge is 2.15. The number of carbonyl (C=O) groups excluding carboxylic acids is 1. The van der Waals surface area contributed by atoms with Gasteiger partial charge in [0.2, 0.25) is 5.95 Å². The van der Waals surface area contributed by atoms with E-state index in [1.807, 2.05) is 38.1 Å². The molecular weight excluding hydrogens is 567 g/mol. The van der Waals surface area contributed by atoms with E-state index in [0.29, 0.717) is 24.2 Å². The summed E-state index contributed by atoms with van der Waals surface area (Å²) in [5, 5.41) is 19.4. The van der Waals surface area contributed by atoms with Crippen LogP contribution in [0.2, 0.25) is 0 Å². The van der Waals surface area contributed by atoms with E-state index in [1.165, 1.54) is 38.5 Å². The van der Waals surface area contributed by atoms with E-state index >= 15 is 0 Å². The average molecular weight is 615 g/mol. The Morgan fingerprint density at radius 2 is 1.82 bits per heavy atom. The maximum atomic E-state index is 13.9. The van der Waals surface area contributed by atoms with Gasteiger partial charge < -0.3 is 20.3 Å². The molecule has 1 aliphatic rings. The molecule has 2 aromatic carbocycles. The molecule has 11 heteroatoms. The molecule has 1 heterocycles. The first-order valence-corrected chi connectivity index (χ1v) is 15.2. The highest BCUT2D eigenvalue weighted by molar-refractivity contribution is 5.61. The minimum Gasteiger partial charge on any atom is -0.497 e. The Kier molecular flexibility index (Phi) is 19.3. The number of hydrogen-bond donors (Lipinski definition) is 2. The van der Waals surface area contributed by atoms with Gasteiger partial charge in [0, 0.05) is 24.3 Å². The van der Waals surface area contributed by atoms with Crippen molar-refractivity contribution in [1.29, 1.82) is 0 Å². The number of nitrogens with zero attached hydrogens (tertiary/aromatic N) is 3. The summed E-state index contributed by atoms with van der Waals surface area (Å²) in [5.41, 5.74) is 7.62. The fourth-order valence-corrected chi connectivity index (χ4v) is 4.59. The SMILES string of the molecule is CC.CCCCC(CCO)c1cccc(-c2nc(N)ncc2F)c1.COc1ccc([N+](=O)[O-])cc1.O=COC1CCCCC1. The number of aromatic nitrogens is 2. The predicted molar refractivity (Wildman–Crippen MR) is 171 cm³/mol. The van der Waals surface area contributed by atoms with Crippen LogP contribution < -0.4 is 10.5 Å². The first-order valence-electron chi connectivity index (χ1n) is 15.2. The molecule has 1 atom stereocenters. The van der Waals surface area contributed by atoms with Gasteiger partial charge in [-0.25, -0.2) is 14.4 Å². The molecule has 10 nitrogen and oxygen atoms in total. The first kappa shape index (κ1) is 37.9. The summed E-state index contributed by atoms with van der Waals surface area (Å²) in [6, 6.07) is 13.6. The van der Waals surface area contributed by atoms with Gasteiger partial charge in [-0.3, -0.25) is 14.9 Å². The molecule has 0 saturated heterocycles. The van der Waals surface area contributed by atoms with Crippen LogP contribution in [0.1, 0.15) is 90.0 Å². The van der Waals surface area contributed by atoms with Crippen LogP contribution in [0.15, 0.2) is 54.7 Å². The number of ether oxygens (including phenoxy) is 2. The fraction of sp³-hybridized carbons (Fsp3) is 0.485. The average Bonchev–Trinajstić information content (AvgIpc) is 3.06. The number of nitro groups is 1. The second-order valence-corrected chi connectivity index (χ2v) is 9.85. The van der Waals surface area contributed by atoms with Crippen molar-refractivity contribution in [1.82, 2.24) is 9.97 Å². The molecule has 0 radical (unpaired) electrons. The number of halogens is 1. The Morgan fingerprint density at radius 3 is 2.39 bits per heavy atom. The molecular formula is C33H47FN4O6. The van der Waals surface area contributed by atoms with E-state index in [1.54, 1.807) is 12.1 Å². The van der Waals surface area contributed by atoms with Crippen LogP contribution in [-0.4, -0.2) is 46.3 Å². The van der Waals surface area contributed by atoms with Crippen LogP contribution in [0.25, 0.3) is 11.3 Å². The van der Waals surface area contributed by atoms with Crippen LogP contribution in [0.4, 0.5) is 16.0 Å². The summed E-state index contributed by atoms with van der Waals surface area (Å²) in [4.78, 5) is 27.2. The molecule has 3 N–H and O–H groups in total. The lowest BCUT2D eigenvalue weighted by Crippen LogP contribution is -2.15. The third-order valence-electron chi connectivity index (χ3n) is 6.86. The Bertz CT molecular complexity index is 1220. The zero-order chi connectivity index (χ0) is 32.7. The summed E-state index contributed by atoms with van der Waals surface area (Å²) < 4.78 is 23.5. The molecule has 44 heavy (non-hydrogen) atoms. The minimum atomic E-state index is -0.487. The highest BCUT2D eigenvalue weighted by Crippen LogP contribution is 2.30. The summed E-state index contributed by atoms with van der Waals surface area (Å²) in [6.45, 7) is 6.86. The molecule has 1 aromatic heterocycles. The quantitative estimate of drug-likeness (QED) is 0.126. The van der Waals surface area contributed by atoms with E-state index in [-0.39, 0.29) is 36.0 Å². The third-order valence-corrected chi connectivity index (χ3v) is 6.86. The van der Waals surface area contributed by atoms with Gasteiger partial charge >= 0.3 is 0 Å². The number of hydrogen-bond acceptors (Lipinski definition) is 9. The molecule has 0 amide bonds. The lowest BCUT2D eigenvalue weighted by atomic mass is 9.89. The number of nitro benzene ring substituents is 1. The van der Waals surface area contributed by atoms with Gasteiger partial charge in [0.1, 0.15) is 17.5 Å². The maximum absolute atomic E-state index is 13.9. The van der Waals surface area contributed by atoms with Gasteiger partial charge in [-0.15, -0.1) is 0 Å². The molecule has 1 aliphatic carbocycles. The fourth-order valence-electron chi connectivity index (χ4n) is 4.59. The first-order chi connectivity index (χ1) is 21.3. The monoisotopic (exact) mass is 614 g/mol. The number of anilines is 1. The smallest absolute Gasteiger partial charge is 0.293 e. The van der Waals surface area contributed by atoms with Crippen LogP contribution >= 0.6 is 0 Å². The van der Waals surface area contributed by atoms with E-state index in [9.17, 15) is 24.4 Å². The number of methoxy groups -OCH3 is 1. The zero-order valence-electron chi connectivity index (χ0n) is 26.3. The van der Waals surface area contributed by atoms with Crippen molar-refractivity contribution in [3.63, 3.8) is 0 Å². The number of aliphatic hydroxyl groups excluding tert-OH is 1. The van der Waals surface area contributed by atoms with Gasteiger partial charge in [0.25, 0.3) is 12.2 Å². The van der Waals surface area contributed by atoms with Crippen molar-refractivity contribution in [3.05, 3.63) is 76.2 Å². The number of carbonyl (C=O) groups is 1. The number of benzene rings is 2. The van der Waals surface area contributed by atoms with E-state index in [2.05, 4.69) is 16.9 Å². The second-order valence-electron chi connectivity index (χ2n) is 9.85. The summed E-state index contributed by atoms with van der Waals surface area (Å²) in [7, 11) is 1.52. The Morgan fingerprint density at radius 1 is 1.14 bits per heavy atom. The van der Waals surface area contributed by atoms with Crippen molar-refractivity contribution in [2.75, 3.05) is 19.5 Å². The molecule has 4 rings (SSSR count). The lowest BCUT2D eigenvalue weighted by molar-refractivity contribution is -0.384. The van der Waals surface area contributed by atoms with Crippen LogP contribution in [0.5, 0.6) is 5.75 Å². The summed E-state index contributed by atoms with van der Waals surface area (Å²) in [5.74, 6) is 0.459. The number of aliphatic hydroxyl groups is 1. The van der Waals surface area contributed by atoms with Gasteiger partial charge in [0.15, 0.2) is 5.82 Å². The van der Waals surface area contributed by atoms with Gasteiger partial charge in [0.05, 0.1) is 18.2 Å². The maximum Gasteiger partial charge on any atom is 0.293 e. The van der Waals surface area contributed by atoms with Crippen molar-refractivity contribution in [3.8, 4) is 17.0 Å². The number of non-ortho nitro benzene ring substituents is 1. The molecule has 0 aliphatic heterocycles. The van der Waals surface area contributed by atoms with Crippen LogP contribution in [0, 0.1) is 15.9 Å². The topological polar surface area (TPSA) is 151 Å². The van der Waals surface area contributed by atoms with E-state index in [0.717, 1.165) is 43.9 Å². The van der Waals surface area contributed by atoms with Crippen LogP contribution in [0.3, 0.4) is 0 Å². The Labute approximate surface area is 260 Å². The van der Waals surface area contributed by atoms with Crippen molar-refractivity contribution in [2.24, 2.45) is 0 Å². The van der Waals surface area contributed by atoms with E-state index < -0.39 is 10.7 Å². The third kappa shape index (κ3) is 13.9. The highest BCUT2D eigenvalue weighted by atomic mass is 19.1. The standard InChI is InChI=1S/C17H22FN3O.C7H7NO3.C7H12O2.C2H6/c1-2-3-5-12(8-9-22)13-6-4-7-14(10-13)16-15(18)11-20-17(19)21-16;1-11-7-4-2-6(3-5-7)8(9)10;8-6-9-7-4-2-1-3-5-7;1-2/h4,6-7,10-12,22H,2-3,5,8-9H2,1H3,(H2,19,20,21);2-5H,1H3;6-7H,1-5H2;1-2H3. The number of nitrogens with two attached hydrogens (primary N) is 1. The van der Waals surface area contributed by atoms with Crippen molar-refractivity contribution >= 4 is 18.1 Å². The van der Waals surface area contributed by atoms with E-state index in [4.69, 9.17) is 15.2 Å². The Balaban J connectivity index is 0.000000365. The van der Waals surface area contributed by atoms with Gasteiger partial charge in [-0.1, -0.05) is 58.2 Å². The number of unbranched alkanes of at least 4 members (excludes halogenated alkanes) is 1. The largest absolute Gasteiger partial charge is 0.497 e. The lowest BCUT2D eigenvalue weighted by Gasteiger charge is -2.18. The second kappa shape index (κ2) is 22.4. The van der Waals surface area contributed by atoms with Crippen molar-refractivity contribution < 1.29 is 28.7 Å². The molecule has 0 bridgehead atoms. The Hall–Kier alpha value is -4.12. The molecule has 1 saturated carbocycles.